The average molecular weight is 676 g/mol. The molecule has 0 saturated carbocycles. The van der Waals surface area contributed by atoms with Gasteiger partial charge in [-0.25, -0.2) is 15.0 Å². The fourth-order valence-electron chi connectivity index (χ4n) is 8.04. The number of furan rings is 1. The predicted molar refractivity (Wildman–Crippen MR) is 219 cm³/mol. The molecule has 8 aromatic carbocycles. The molecule has 0 amide bonds. The summed E-state index contributed by atoms with van der Waals surface area (Å²) < 4.78 is 6.84. The molecular weight excluding hydrogens is 647 g/mol. The lowest BCUT2D eigenvalue weighted by molar-refractivity contribution is 0.672. The molecule has 3 aromatic heterocycles. The van der Waals surface area contributed by atoms with E-state index in [9.17, 15) is 0 Å². The molecule has 0 radical (unpaired) electrons. The second-order valence-corrected chi connectivity index (χ2v) is 13.5. The van der Waals surface area contributed by atoms with E-state index in [1.807, 2.05) is 54.6 Å². The van der Waals surface area contributed by atoms with E-state index in [0.717, 1.165) is 72.2 Å². The van der Waals surface area contributed by atoms with Gasteiger partial charge in [0.1, 0.15) is 11.2 Å². The third-order valence-corrected chi connectivity index (χ3v) is 10.5. The molecule has 4 nitrogen and oxygen atoms in total. The molecular formula is C49H29N3O. The molecule has 0 aliphatic rings. The topological polar surface area (TPSA) is 51.8 Å². The molecule has 0 unspecified atom stereocenters. The van der Waals surface area contributed by atoms with Crippen molar-refractivity contribution < 1.29 is 4.42 Å². The van der Waals surface area contributed by atoms with Crippen LogP contribution in [0.1, 0.15) is 0 Å². The van der Waals surface area contributed by atoms with Crippen LogP contribution in [0.2, 0.25) is 0 Å². The van der Waals surface area contributed by atoms with Crippen molar-refractivity contribution in [1.29, 1.82) is 0 Å². The lowest BCUT2D eigenvalue weighted by Gasteiger charge is -2.14. The third kappa shape index (κ3) is 4.66. The lowest BCUT2D eigenvalue weighted by Crippen LogP contribution is -1.97. The second kappa shape index (κ2) is 11.7. The summed E-state index contributed by atoms with van der Waals surface area (Å²) in [5, 5.41) is 10.3. The third-order valence-electron chi connectivity index (χ3n) is 10.5. The minimum Gasteiger partial charge on any atom is -0.455 e. The molecule has 0 aliphatic heterocycles. The van der Waals surface area contributed by atoms with Crippen molar-refractivity contribution in [3.05, 3.63) is 176 Å². The molecule has 246 valence electrons. The van der Waals surface area contributed by atoms with E-state index in [-0.39, 0.29) is 0 Å². The van der Waals surface area contributed by atoms with Gasteiger partial charge in [-0.2, -0.15) is 0 Å². The molecule has 3 heterocycles. The number of fused-ring (bicyclic) bond motifs is 11. The first-order valence-electron chi connectivity index (χ1n) is 17.9. The maximum atomic E-state index is 6.84. The Labute approximate surface area is 304 Å². The van der Waals surface area contributed by atoms with Crippen molar-refractivity contribution in [3.8, 4) is 45.2 Å². The van der Waals surface area contributed by atoms with Gasteiger partial charge >= 0.3 is 0 Å². The Balaban J connectivity index is 1.21. The first-order valence-corrected chi connectivity index (χ1v) is 17.9. The van der Waals surface area contributed by atoms with Crippen LogP contribution in [0.15, 0.2) is 180 Å². The van der Waals surface area contributed by atoms with Crippen LogP contribution in [-0.4, -0.2) is 15.0 Å². The first-order chi connectivity index (χ1) is 26.3. The van der Waals surface area contributed by atoms with E-state index in [0.29, 0.717) is 5.82 Å². The van der Waals surface area contributed by atoms with Crippen LogP contribution in [0.25, 0.3) is 110 Å². The number of para-hydroxylation sites is 1. The van der Waals surface area contributed by atoms with Gasteiger partial charge in [-0.15, -0.1) is 0 Å². The van der Waals surface area contributed by atoms with Crippen LogP contribution in [0.3, 0.4) is 0 Å². The van der Waals surface area contributed by atoms with Crippen molar-refractivity contribution in [2.75, 3.05) is 0 Å². The Morgan fingerprint density at radius 3 is 1.55 bits per heavy atom. The van der Waals surface area contributed by atoms with Crippen molar-refractivity contribution in [3.63, 3.8) is 0 Å². The summed E-state index contributed by atoms with van der Waals surface area (Å²) in [5.74, 6) is 0.621. The minimum atomic E-state index is 0.621. The van der Waals surface area contributed by atoms with Crippen LogP contribution < -0.4 is 0 Å². The number of hydrogen-bond acceptors (Lipinski definition) is 4. The second-order valence-electron chi connectivity index (χ2n) is 13.5. The molecule has 0 aliphatic carbocycles. The van der Waals surface area contributed by atoms with E-state index in [2.05, 4.69) is 121 Å². The maximum Gasteiger partial charge on any atom is 0.161 e. The fraction of sp³-hybridized carbons (Fsp3) is 0. The highest BCUT2D eigenvalue weighted by Gasteiger charge is 2.22. The highest BCUT2D eigenvalue weighted by molar-refractivity contribution is 6.27. The van der Waals surface area contributed by atoms with Crippen LogP contribution in [-0.2, 0) is 0 Å². The van der Waals surface area contributed by atoms with Gasteiger partial charge in [0.2, 0.25) is 0 Å². The normalized spacial score (nSPS) is 11.8. The Morgan fingerprint density at radius 2 is 0.906 bits per heavy atom. The SMILES string of the molecule is c1ccc(-c2cc(-c3ccccc3)nc(-c3cccc4nc(-c5ccc6c7ccccc7c7ccccc7c6c5)c5c6ccccc6oc5c34)n2)cc1. The van der Waals surface area contributed by atoms with E-state index in [1.54, 1.807) is 0 Å². The Bertz CT molecular complexity index is 3130. The van der Waals surface area contributed by atoms with Gasteiger partial charge in [-0.1, -0.05) is 152 Å². The van der Waals surface area contributed by atoms with Gasteiger partial charge in [0.15, 0.2) is 5.82 Å². The minimum absolute atomic E-state index is 0.621. The van der Waals surface area contributed by atoms with Crippen LogP contribution >= 0.6 is 0 Å². The van der Waals surface area contributed by atoms with Gasteiger partial charge < -0.3 is 4.42 Å². The number of pyridine rings is 1. The zero-order chi connectivity index (χ0) is 34.9. The number of rotatable bonds is 4. The summed E-state index contributed by atoms with van der Waals surface area (Å²) >= 11 is 0. The highest BCUT2D eigenvalue weighted by Crippen LogP contribution is 2.44. The highest BCUT2D eigenvalue weighted by atomic mass is 16.3. The first kappa shape index (κ1) is 29.5. The number of aromatic nitrogens is 3. The van der Waals surface area contributed by atoms with E-state index >= 15 is 0 Å². The number of nitrogens with zero attached hydrogens (tertiary/aromatic N) is 3. The van der Waals surface area contributed by atoms with Crippen molar-refractivity contribution in [2.24, 2.45) is 0 Å². The largest absolute Gasteiger partial charge is 0.455 e. The van der Waals surface area contributed by atoms with Gasteiger partial charge in [0.05, 0.1) is 33.4 Å². The Morgan fingerprint density at radius 1 is 0.358 bits per heavy atom. The molecule has 0 atom stereocenters. The molecule has 0 spiro atoms. The van der Waals surface area contributed by atoms with Crippen molar-refractivity contribution in [1.82, 2.24) is 15.0 Å². The van der Waals surface area contributed by atoms with Crippen LogP contribution in [0, 0.1) is 0 Å². The lowest BCUT2D eigenvalue weighted by atomic mass is 9.92. The van der Waals surface area contributed by atoms with E-state index < -0.39 is 0 Å². The molecule has 0 N–H and O–H groups in total. The zero-order valence-electron chi connectivity index (χ0n) is 28.5. The van der Waals surface area contributed by atoms with Crippen LogP contribution in [0.5, 0.6) is 0 Å². The van der Waals surface area contributed by atoms with Crippen molar-refractivity contribution in [2.45, 2.75) is 0 Å². The molecule has 11 aromatic rings. The average Bonchev–Trinajstić information content (AvgIpc) is 3.63. The molecule has 4 heteroatoms. The monoisotopic (exact) mass is 675 g/mol. The molecule has 11 rings (SSSR count). The van der Waals surface area contributed by atoms with Gasteiger partial charge in [0, 0.05) is 27.6 Å². The maximum absolute atomic E-state index is 6.84. The number of benzene rings is 8. The predicted octanol–water partition coefficient (Wildman–Crippen LogP) is 13.1. The van der Waals surface area contributed by atoms with Crippen LogP contribution in [0.4, 0.5) is 0 Å². The summed E-state index contributed by atoms with van der Waals surface area (Å²) in [5.41, 5.74) is 8.97. The molecule has 0 fully saturated rings. The Hall–Kier alpha value is -7.17. The van der Waals surface area contributed by atoms with Crippen molar-refractivity contribution >= 4 is 65.2 Å². The molecule has 53 heavy (non-hydrogen) atoms. The number of hydrogen-bond donors (Lipinski definition) is 0. The fourth-order valence-corrected chi connectivity index (χ4v) is 8.04. The summed E-state index contributed by atoms with van der Waals surface area (Å²) in [4.78, 5) is 15.9. The standard InChI is InChI=1S/C49H29N3O/c1-3-14-30(15-4-1)42-29-43(31-16-5-2-6-17-31)52-49(51-42)39-23-13-24-41-45(39)48-46(38-22-11-12-25-44(38)53-48)47(50-41)32-26-27-37-35-20-8-7-18-33(35)34-19-9-10-21-36(34)40(37)28-32/h1-29H. The quantitative estimate of drug-likeness (QED) is 0.174. The Kier molecular flexibility index (Phi) is 6.52. The van der Waals surface area contributed by atoms with Gasteiger partial charge in [-0.05, 0) is 56.6 Å². The molecule has 0 saturated heterocycles. The summed E-state index contributed by atoms with van der Waals surface area (Å²) in [7, 11) is 0. The van der Waals surface area contributed by atoms with E-state index in [1.165, 1.54) is 32.3 Å². The van der Waals surface area contributed by atoms with E-state index in [4.69, 9.17) is 19.4 Å². The molecule has 0 bridgehead atoms. The smallest absolute Gasteiger partial charge is 0.161 e. The summed E-state index contributed by atoms with van der Waals surface area (Å²) in [6.07, 6.45) is 0. The zero-order valence-corrected chi connectivity index (χ0v) is 28.5. The van der Waals surface area contributed by atoms with Gasteiger partial charge in [-0.3, -0.25) is 0 Å². The van der Waals surface area contributed by atoms with Gasteiger partial charge in [0.25, 0.3) is 0 Å². The summed E-state index contributed by atoms with van der Waals surface area (Å²) in [6, 6.07) is 61.2. The summed E-state index contributed by atoms with van der Waals surface area (Å²) in [6.45, 7) is 0.